The second kappa shape index (κ2) is 5.77. The molecule has 1 fully saturated rings. The van der Waals surface area contributed by atoms with E-state index < -0.39 is 5.82 Å². The standard InChI is InChI=1S/C14H18FN5O/c1-9(10-4-6-21-7-5-10)20-14(17-18-19-20)11-2-3-13(16)12(15)8-11/h2-3,8-10H,4-7,16H2,1H3. The number of halogens is 1. The number of hydrogen-bond acceptors (Lipinski definition) is 5. The van der Waals surface area contributed by atoms with Gasteiger partial charge < -0.3 is 10.5 Å². The van der Waals surface area contributed by atoms with Gasteiger partial charge in [0.15, 0.2) is 5.82 Å². The SMILES string of the molecule is CC(C1CCOCC1)n1nnnc1-c1ccc(N)c(F)c1. The molecule has 2 heterocycles. The number of tetrazole rings is 1. The first-order chi connectivity index (χ1) is 10.2. The number of rotatable bonds is 3. The molecular weight excluding hydrogens is 273 g/mol. The molecule has 1 aromatic carbocycles. The molecule has 0 saturated carbocycles. The van der Waals surface area contributed by atoms with Crippen molar-refractivity contribution < 1.29 is 9.13 Å². The highest BCUT2D eigenvalue weighted by Crippen LogP contribution is 2.30. The maximum absolute atomic E-state index is 13.6. The van der Waals surface area contributed by atoms with E-state index in [-0.39, 0.29) is 11.7 Å². The number of nitrogens with zero attached hydrogens (tertiary/aromatic N) is 4. The minimum atomic E-state index is -0.458. The van der Waals surface area contributed by atoms with Crippen molar-refractivity contribution in [1.29, 1.82) is 0 Å². The van der Waals surface area contributed by atoms with E-state index >= 15 is 0 Å². The van der Waals surface area contributed by atoms with Crippen LogP contribution in [0.2, 0.25) is 0 Å². The molecule has 1 aliphatic heterocycles. The minimum absolute atomic E-state index is 0.121. The molecule has 21 heavy (non-hydrogen) atoms. The number of nitrogen functional groups attached to an aromatic ring is 1. The summed E-state index contributed by atoms with van der Waals surface area (Å²) in [5.41, 5.74) is 6.26. The summed E-state index contributed by atoms with van der Waals surface area (Å²) in [6.07, 6.45) is 1.97. The van der Waals surface area contributed by atoms with Gasteiger partial charge in [-0.15, -0.1) is 5.10 Å². The highest BCUT2D eigenvalue weighted by Gasteiger charge is 2.25. The van der Waals surface area contributed by atoms with E-state index in [0.29, 0.717) is 17.3 Å². The fourth-order valence-electron chi connectivity index (χ4n) is 2.72. The lowest BCUT2D eigenvalue weighted by Crippen LogP contribution is -2.25. The average molecular weight is 291 g/mol. The summed E-state index contributed by atoms with van der Waals surface area (Å²) < 4.78 is 20.8. The van der Waals surface area contributed by atoms with E-state index in [1.807, 2.05) is 0 Å². The van der Waals surface area contributed by atoms with Gasteiger partial charge in [0.1, 0.15) is 5.82 Å². The van der Waals surface area contributed by atoms with Crippen LogP contribution in [0.5, 0.6) is 0 Å². The fraction of sp³-hybridized carbons (Fsp3) is 0.500. The number of nitrogens with two attached hydrogens (primary N) is 1. The zero-order valence-electron chi connectivity index (χ0n) is 11.9. The lowest BCUT2D eigenvalue weighted by atomic mass is 9.93. The predicted molar refractivity (Wildman–Crippen MR) is 75.9 cm³/mol. The molecule has 0 radical (unpaired) electrons. The maximum Gasteiger partial charge on any atom is 0.182 e. The normalized spacial score (nSPS) is 17.8. The smallest absolute Gasteiger partial charge is 0.182 e. The number of anilines is 1. The molecule has 3 rings (SSSR count). The van der Waals surface area contributed by atoms with Crippen LogP contribution in [0.15, 0.2) is 18.2 Å². The summed E-state index contributed by atoms with van der Waals surface area (Å²) in [5.74, 6) is 0.563. The first-order valence-electron chi connectivity index (χ1n) is 7.08. The van der Waals surface area contributed by atoms with Crippen molar-refractivity contribution in [2.75, 3.05) is 18.9 Å². The van der Waals surface area contributed by atoms with Crippen molar-refractivity contribution in [1.82, 2.24) is 20.2 Å². The van der Waals surface area contributed by atoms with Gasteiger partial charge in [-0.05, 0) is 54.3 Å². The molecule has 1 aliphatic rings. The Hall–Kier alpha value is -2.02. The summed E-state index contributed by atoms with van der Waals surface area (Å²) in [7, 11) is 0. The Morgan fingerprint density at radius 1 is 1.38 bits per heavy atom. The van der Waals surface area contributed by atoms with Gasteiger partial charge in [0, 0.05) is 18.8 Å². The molecular formula is C14H18FN5O. The van der Waals surface area contributed by atoms with Crippen molar-refractivity contribution in [3.05, 3.63) is 24.0 Å². The van der Waals surface area contributed by atoms with Gasteiger partial charge in [-0.3, -0.25) is 0 Å². The Balaban J connectivity index is 1.90. The van der Waals surface area contributed by atoms with Crippen LogP contribution in [0, 0.1) is 11.7 Å². The van der Waals surface area contributed by atoms with Crippen molar-refractivity contribution in [3.63, 3.8) is 0 Å². The number of aromatic nitrogens is 4. The number of ether oxygens (including phenoxy) is 1. The van der Waals surface area contributed by atoms with Crippen LogP contribution in [0.1, 0.15) is 25.8 Å². The Kier molecular flexibility index (Phi) is 3.83. The third kappa shape index (κ3) is 2.73. The van der Waals surface area contributed by atoms with Crippen molar-refractivity contribution in [3.8, 4) is 11.4 Å². The van der Waals surface area contributed by atoms with Crippen LogP contribution >= 0.6 is 0 Å². The molecule has 0 aliphatic carbocycles. The summed E-state index contributed by atoms with van der Waals surface area (Å²) >= 11 is 0. The molecule has 1 unspecified atom stereocenters. The zero-order valence-corrected chi connectivity index (χ0v) is 11.9. The van der Waals surface area contributed by atoms with Crippen molar-refractivity contribution in [2.45, 2.75) is 25.8 Å². The second-order valence-electron chi connectivity index (χ2n) is 5.37. The molecule has 2 aromatic rings. The molecule has 0 spiro atoms. The Bertz CT molecular complexity index is 624. The van der Waals surface area contributed by atoms with Crippen LogP contribution < -0.4 is 5.73 Å². The molecule has 0 amide bonds. The van der Waals surface area contributed by atoms with Gasteiger partial charge in [0.25, 0.3) is 0 Å². The highest BCUT2D eigenvalue weighted by atomic mass is 19.1. The van der Waals surface area contributed by atoms with Crippen molar-refractivity contribution >= 4 is 5.69 Å². The second-order valence-corrected chi connectivity index (χ2v) is 5.37. The summed E-state index contributed by atoms with van der Waals surface area (Å²) in [4.78, 5) is 0. The lowest BCUT2D eigenvalue weighted by molar-refractivity contribution is 0.0495. The topological polar surface area (TPSA) is 78.8 Å². The van der Waals surface area contributed by atoms with Gasteiger partial charge in [0.2, 0.25) is 0 Å². The van der Waals surface area contributed by atoms with Crippen molar-refractivity contribution in [2.24, 2.45) is 5.92 Å². The molecule has 1 aromatic heterocycles. The monoisotopic (exact) mass is 291 g/mol. The van der Waals surface area contributed by atoms with E-state index in [1.54, 1.807) is 10.7 Å². The summed E-state index contributed by atoms with van der Waals surface area (Å²) in [5, 5.41) is 11.9. The van der Waals surface area contributed by atoms with E-state index in [0.717, 1.165) is 26.1 Å². The maximum atomic E-state index is 13.6. The number of benzene rings is 1. The fourth-order valence-corrected chi connectivity index (χ4v) is 2.72. The third-order valence-electron chi connectivity index (χ3n) is 4.09. The van der Waals surface area contributed by atoms with Crippen LogP contribution in [0.25, 0.3) is 11.4 Å². The Labute approximate surface area is 122 Å². The molecule has 112 valence electrons. The molecule has 6 nitrogen and oxygen atoms in total. The number of hydrogen-bond donors (Lipinski definition) is 1. The van der Waals surface area contributed by atoms with E-state index in [1.165, 1.54) is 12.1 Å². The predicted octanol–water partition coefficient (Wildman–Crippen LogP) is 2.05. The van der Waals surface area contributed by atoms with Gasteiger partial charge in [-0.1, -0.05) is 0 Å². The first kappa shape index (κ1) is 13.9. The largest absolute Gasteiger partial charge is 0.396 e. The molecule has 1 saturated heterocycles. The van der Waals surface area contributed by atoms with E-state index in [2.05, 4.69) is 22.4 Å². The van der Waals surface area contributed by atoms with Crippen LogP contribution in [0.4, 0.5) is 10.1 Å². The Morgan fingerprint density at radius 3 is 2.86 bits per heavy atom. The van der Waals surface area contributed by atoms with Crippen LogP contribution in [-0.4, -0.2) is 33.4 Å². The molecule has 0 bridgehead atoms. The summed E-state index contributed by atoms with van der Waals surface area (Å²) in [6, 6.07) is 4.77. The van der Waals surface area contributed by atoms with Gasteiger partial charge in [-0.2, -0.15) is 0 Å². The van der Waals surface area contributed by atoms with Gasteiger partial charge in [-0.25, -0.2) is 9.07 Å². The summed E-state index contributed by atoms with van der Waals surface area (Å²) in [6.45, 7) is 3.62. The lowest BCUT2D eigenvalue weighted by Gasteiger charge is -2.28. The molecule has 1 atom stereocenters. The van der Waals surface area contributed by atoms with Gasteiger partial charge in [0.05, 0.1) is 11.7 Å². The zero-order chi connectivity index (χ0) is 14.8. The van der Waals surface area contributed by atoms with Crippen LogP contribution in [-0.2, 0) is 4.74 Å². The average Bonchev–Trinajstić information content (AvgIpc) is 2.99. The van der Waals surface area contributed by atoms with Gasteiger partial charge >= 0.3 is 0 Å². The van der Waals surface area contributed by atoms with Crippen LogP contribution in [0.3, 0.4) is 0 Å². The Morgan fingerprint density at radius 2 is 2.14 bits per heavy atom. The third-order valence-corrected chi connectivity index (χ3v) is 4.09. The highest BCUT2D eigenvalue weighted by molar-refractivity contribution is 5.59. The quantitative estimate of drug-likeness (QED) is 0.876. The van der Waals surface area contributed by atoms with E-state index in [9.17, 15) is 4.39 Å². The molecule has 7 heteroatoms. The molecule has 2 N–H and O–H groups in total. The van der Waals surface area contributed by atoms with E-state index in [4.69, 9.17) is 10.5 Å². The minimum Gasteiger partial charge on any atom is -0.396 e. The first-order valence-corrected chi connectivity index (χ1v) is 7.08.